The standard InChI is InChI=1S/C29H38N8O5/c1-34(2)14-15-41-28(38)31-20-6-4-19(5-7-20)25-32-26(36-17-22-8-9-23(18-36)42-22)24-16-30-37(27(24)33-25)21-10-12-35(13-11-21)29(39)40-3/h4-7,16,21-23H,8-15,17-18H2,1-3H3,(H,31,38). The molecule has 0 radical (unpaired) electrons. The van der Waals surface area contributed by atoms with E-state index in [1.807, 2.05) is 54.1 Å². The molecule has 13 nitrogen and oxygen atoms in total. The summed E-state index contributed by atoms with van der Waals surface area (Å²) in [5.74, 6) is 1.45. The Morgan fingerprint density at radius 2 is 1.76 bits per heavy atom. The molecule has 2 aromatic heterocycles. The maximum atomic E-state index is 12.2. The lowest BCUT2D eigenvalue weighted by Crippen LogP contribution is -2.43. The summed E-state index contributed by atoms with van der Waals surface area (Å²) in [5, 5.41) is 8.48. The van der Waals surface area contributed by atoms with Crippen molar-refractivity contribution >= 4 is 34.7 Å². The van der Waals surface area contributed by atoms with Gasteiger partial charge in [-0.05, 0) is 64.0 Å². The number of carbonyl (C=O) groups excluding carboxylic acids is 2. The molecule has 0 aliphatic carbocycles. The third-order valence-corrected chi connectivity index (χ3v) is 8.18. The first-order valence-electron chi connectivity index (χ1n) is 14.6. The van der Waals surface area contributed by atoms with Crippen molar-refractivity contribution in [3.63, 3.8) is 0 Å². The Morgan fingerprint density at radius 1 is 1.05 bits per heavy atom. The number of anilines is 2. The number of amides is 2. The highest BCUT2D eigenvalue weighted by atomic mass is 16.5. The number of methoxy groups -OCH3 is 1. The minimum Gasteiger partial charge on any atom is -0.453 e. The summed E-state index contributed by atoms with van der Waals surface area (Å²) in [6.07, 6.45) is 5.13. The van der Waals surface area contributed by atoms with Crippen LogP contribution in [0.3, 0.4) is 0 Å². The van der Waals surface area contributed by atoms with Crippen LogP contribution in [0.4, 0.5) is 21.1 Å². The van der Waals surface area contributed by atoms with Gasteiger partial charge in [0.1, 0.15) is 12.4 Å². The monoisotopic (exact) mass is 578 g/mol. The second kappa shape index (κ2) is 12.1. The molecule has 3 saturated heterocycles. The molecule has 1 aromatic carbocycles. The Morgan fingerprint density at radius 3 is 2.43 bits per heavy atom. The smallest absolute Gasteiger partial charge is 0.411 e. The Bertz CT molecular complexity index is 1410. The predicted molar refractivity (Wildman–Crippen MR) is 157 cm³/mol. The molecule has 3 aliphatic rings. The molecular weight excluding hydrogens is 540 g/mol. The number of morpholine rings is 1. The third kappa shape index (κ3) is 5.97. The van der Waals surface area contributed by atoms with Crippen molar-refractivity contribution in [2.75, 3.05) is 70.8 Å². The van der Waals surface area contributed by atoms with E-state index < -0.39 is 6.09 Å². The van der Waals surface area contributed by atoms with Crippen molar-refractivity contribution in [3.05, 3.63) is 30.5 Å². The molecule has 13 heteroatoms. The van der Waals surface area contributed by atoms with Crippen LogP contribution in [0.5, 0.6) is 0 Å². The Labute approximate surface area is 244 Å². The van der Waals surface area contributed by atoms with Crippen LogP contribution in [0.25, 0.3) is 22.4 Å². The van der Waals surface area contributed by atoms with Crippen molar-refractivity contribution in [2.24, 2.45) is 0 Å². The molecule has 3 aromatic rings. The van der Waals surface area contributed by atoms with Crippen LogP contribution >= 0.6 is 0 Å². The fraction of sp³-hybridized carbons (Fsp3) is 0.552. The lowest BCUT2D eigenvalue weighted by molar-refractivity contribution is 0.0303. The maximum Gasteiger partial charge on any atom is 0.411 e. The third-order valence-electron chi connectivity index (χ3n) is 8.18. The number of likely N-dealkylation sites (tertiary alicyclic amines) is 1. The zero-order valence-electron chi connectivity index (χ0n) is 24.4. The highest BCUT2D eigenvalue weighted by molar-refractivity contribution is 5.89. The molecule has 3 fully saturated rings. The second-order valence-corrected chi connectivity index (χ2v) is 11.4. The summed E-state index contributed by atoms with van der Waals surface area (Å²) in [6, 6.07) is 7.55. The van der Waals surface area contributed by atoms with Gasteiger partial charge in [0.15, 0.2) is 11.5 Å². The largest absolute Gasteiger partial charge is 0.453 e. The van der Waals surface area contributed by atoms with Gasteiger partial charge in [0.05, 0.1) is 36.9 Å². The number of benzene rings is 1. The van der Waals surface area contributed by atoms with Gasteiger partial charge in [-0.3, -0.25) is 5.32 Å². The fourth-order valence-electron chi connectivity index (χ4n) is 5.94. The molecule has 3 aliphatic heterocycles. The molecule has 224 valence electrons. The first kappa shape index (κ1) is 28.2. The Kier molecular flexibility index (Phi) is 8.11. The van der Waals surface area contributed by atoms with E-state index in [1.165, 1.54) is 7.11 Å². The van der Waals surface area contributed by atoms with Crippen LogP contribution in [0.2, 0.25) is 0 Å². The number of ether oxygens (including phenoxy) is 3. The maximum absolute atomic E-state index is 12.2. The number of hydrogen-bond acceptors (Lipinski definition) is 10. The first-order chi connectivity index (χ1) is 20.4. The minimum absolute atomic E-state index is 0.102. The number of hydrogen-bond donors (Lipinski definition) is 1. The van der Waals surface area contributed by atoms with Crippen molar-refractivity contribution in [1.29, 1.82) is 0 Å². The van der Waals surface area contributed by atoms with Gasteiger partial charge in [-0.25, -0.2) is 24.2 Å². The summed E-state index contributed by atoms with van der Waals surface area (Å²) in [4.78, 5) is 40.3. The van der Waals surface area contributed by atoms with E-state index >= 15 is 0 Å². The van der Waals surface area contributed by atoms with Crippen LogP contribution in [-0.2, 0) is 14.2 Å². The number of nitrogens with zero attached hydrogens (tertiary/aromatic N) is 7. The number of nitrogens with one attached hydrogen (secondary N) is 1. The molecule has 6 rings (SSSR count). The summed E-state index contributed by atoms with van der Waals surface area (Å²) < 4.78 is 18.2. The van der Waals surface area contributed by atoms with Gasteiger partial charge in [-0.2, -0.15) is 5.10 Å². The lowest BCUT2D eigenvalue weighted by Gasteiger charge is -2.33. The average Bonchev–Trinajstić information content (AvgIpc) is 3.58. The van der Waals surface area contributed by atoms with Crippen LogP contribution in [0.15, 0.2) is 30.5 Å². The van der Waals surface area contributed by atoms with Gasteiger partial charge in [-0.15, -0.1) is 0 Å². The normalized spacial score (nSPS) is 20.8. The summed E-state index contributed by atoms with van der Waals surface area (Å²) in [7, 11) is 5.26. The van der Waals surface area contributed by atoms with E-state index in [-0.39, 0.29) is 24.3 Å². The highest BCUT2D eigenvalue weighted by Crippen LogP contribution is 2.35. The summed E-state index contributed by atoms with van der Waals surface area (Å²) in [6.45, 7) is 3.73. The van der Waals surface area contributed by atoms with E-state index in [2.05, 4.69) is 10.2 Å². The first-order valence-corrected chi connectivity index (χ1v) is 14.6. The van der Waals surface area contributed by atoms with Gasteiger partial charge in [0.25, 0.3) is 0 Å². The number of aromatic nitrogens is 4. The van der Waals surface area contributed by atoms with E-state index in [0.717, 1.165) is 61.2 Å². The van der Waals surface area contributed by atoms with Crippen molar-refractivity contribution < 1.29 is 23.8 Å². The molecule has 2 bridgehead atoms. The minimum atomic E-state index is -0.492. The quantitative estimate of drug-likeness (QED) is 0.446. The molecule has 0 saturated carbocycles. The van der Waals surface area contributed by atoms with Gasteiger partial charge < -0.3 is 28.9 Å². The molecule has 2 unspecified atom stereocenters. The summed E-state index contributed by atoms with van der Waals surface area (Å²) in [5.41, 5.74) is 2.23. The Hall–Kier alpha value is -3.97. The molecule has 1 N–H and O–H groups in total. The number of rotatable bonds is 7. The molecule has 2 atom stereocenters. The van der Waals surface area contributed by atoms with Gasteiger partial charge in [0.2, 0.25) is 0 Å². The lowest BCUT2D eigenvalue weighted by atomic mass is 10.1. The second-order valence-electron chi connectivity index (χ2n) is 11.4. The van der Waals surface area contributed by atoms with E-state index in [4.69, 9.17) is 29.3 Å². The molecule has 0 spiro atoms. The number of fused-ring (bicyclic) bond motifs is 3. The molecule has 5 heterocycles. The summed E-state index contributed by atoms with van der Waals surface area (Å²) >= 11 is 0. The van der Waals surface area contributed by atoms with Crippen LogP contribution in [0.1, 0.15) is 31.7 Å². The average molecular weight is 579 g/mol. The van der Waals surface area contributed by atoms with E-state index in [0.29, 0.717) is 37.8 Å². The van der Waals surface area contributed by atoms with Crippen LogP contribution in [0, 0.1) is 0 Å². The van der Waals surface area contributed by atoms with Gasteiger partial charge >= 0.3 is 12.2 Å². The van der Waals surface area contributed by atoms with Gasteiger partial charge in [-0.1, -0.05) is 0 Å². The van der Waals surface area contributed by atoms with Crippen LogP contribution in [-0.4, -0.2) is 114 Å². The highest BCUT2D eigenvalue weighted by Gasteiger charge is 2.36. The predicted octanol–water partition coefficient (Wildman–Crippen LogP) is 3.37. The number of carbonyl (C=O) groups is 2. The molecular formula is C29H38N8O5. The zero-order chi connectivity index (χ0) is 29.2. The number of likely N-dealkylation sites (N-methyl/N-ethyl adjacent to an activating group) is 1. The van der Waals surface area contributed by atoms with E-state index in [9.17, 15) is 9.59 Å². The number of piperidine rings is 1. The topological polar surface area (TPSA) is 127 Å². The molecule has 2 amide bonds. The zero-order valence-corrected chi connectivity index (χ0v) is 24.4. The fourth-order valence-corrected chi connectivity index (χ4v) is 5.94. The van der Waals surface area contributed by atoms with Crippen molar-refractivity contribution in [3.8, 4) is 11.4 Å². The SMILES string of the molecule is COC(=O)N1CCC(n2ncc3c(N4CC5CCC(C4)O5)nc(-c4ccc(NC(=O)OCCN(C)C)cc4)nc32)CC1. The van der Waals surface area contributed by atoms with Gasteiger partial charge in [0, 0.05) is 44.0 Å². The Balaban J connectivity index is 1.28. The van der Waals surface area contributed by atoms with Crippen molar-refractivity contribution in [2.45, 2.75) is 43.9 Å². The van der Waals surface area contributed by atoms with Crippen molar-refractivity contribution in [1.82, 2.24) is 29.5 Å². The van der Waals surface area contributed by atoms with Crippen LogP contribution < -0.4 is 10.2 Å². The molecule has 42 heavy (non-hydrogen) atoms. The van der Waals surface area contributed by atoms with E-state index in [1.54, 1.807) is 4.90 Å².